The van der Waals surface area contributed by atoms with Crippen molar-refractivity contribution in [3.8, 4) is 0 Å². The van der Waals surface area contributed by atoms with E-state index in [1.165, 1.54) is 6.26 Å². The van der Waals surface area contributed by atoms with E-state index in [2.05, 4.69) is 9.97 Å². The Bertz CT molecular complexity index is 488. The smallest absolute Gasteiger partial charge is 0.154 e. The molecule has 0 saturated heterocycles. The van der Waals surface area contributed by atoms with Crippen LogP contribution in [0.15, 0.2) is 0 Å². The van der Waals surface area contributed by atoms with Gasteiger partial charge in [0.05, 0.1) is 0 Å². The fourth-order valence-corrected chi connectivity index (χ4v) is 2.52. The summed E-state index contributed by atoms with van der Waals surface area (Å²) in [4.78, 5) is 8.49. The van der Waals surface area contributed by atoms with Crippen molar-refractivity contribution in [2.24, 2.45) is 5.73 Å². The highest BCUT2D eigenvalue weighted by molar-refractivity contribution is 7.89. The van der Waals surface area contributed by atoms with Gasteiger partial charge in [0.15, 0.2) is 9.84 Å². The van der Waals surface area contributed by atoms with Crippen LogP contribution in [0, 0.1) is 13.8 Å². The molecule has 6 heteroatoms. The number of hydrogen-bond donors (Lipinski definition) is 1. The zero-order valence-electron chi connectivity index (χ0n) is 10.7. The highest BCUT2D eigenvalue weighted by Crippen LogP contribution is 2.20. The molecule has 1 unspecified atom stereocenters. The van der Waals surface area contributed by atoms with E-state index in [-0.39, 0.29) is 11.7 Å². The zero-order valence-corrected chi connectivity index (χ0v) is 11.5. The summed E-state index contributed by atoms with van der Waals surface area (Å²) in [5.41, 5.74) is 8.28. The van der Waals surface area contributed by atoms with Crippen molar-refractivity contribution >= 4 is 9.84 Å². The van der Waals surface area contributed by atoms with Gasteiger partial charge in [-0.05, 0) is 31.9 Å². The van der Waals surface area contributed by atoms with Gasteiger partial charge in [-0.2, -0.15) is 0 Å². The second-order valence-corrected chi connectivity index (χ2v) is 6.57. The Morgan fingerprint density at radius 1 is 1.24 bits per heavy atom. The van der Waals surface area contributed by atoms with Gasteiger partial charge in [0.25, 0.3) is 0 Å². The molecule has 1 aromatic rings. The van der Waals surface area contributed by atoms with Gasteiger partial charge in [-0.1, -0.05) is 6.92 Å². The molecule has 0 aliphatic carbocycles. The van der Waals surface area contributed by atoms with E-state index in [4.69, 9.17) is 5.73 Å². The zero-order chi connectivity index (χ0) is 13.2. The molecule has 1 heterocycles. The average Bonchev–Trinajstić information content (AvgIpc) is 2.13. The first-order chi connectivity index (χ1) is 7.74. The van der Waals surface area contributed by atoms with Gasteiger partial charge in [-0.25, -0.2) is 18.4 Å². The third kappa shape index (κ3) is 3.74. The van der Waals surface area contributed by atoms with E-state index in [0.29, 0.717) is 12.4 Å². The molecule has 1 atom stereocenters. The minimum absolute atomic E-state index is 0.119. The van der Waals surface area contributed by atoms with Crippen molar-refractivity contribution in [1.29, 1.82) is 0 Å². The summed E-state index contributed by atoms with van der Waals surface area (Å²) in [6.45, 7) is 6.26. The molecule has 96 valence electrons. The molecule has 1 aromatic heterocycles. The van der Waals surface area contributed by atoms with Crippen LogP contribution in [-0.4, -0.2) is 31.2 Å². The van der Waals surface area contributed by atoms with Gasteiger partial charge < -0.3 is 5.73 Å². The van der Waals surface area contributed by atoms with Crippen molar-refractivity contribution in [1.82, 2.24) is 9.97 Å². The fourth-order valence-electron chi connectivity index (χ4n) is 1.92. The summed E-state index contributed by atoms with van der Waals surface area (Å²) < 4.78 is 22.4. The Morgan fingerprint density at radius 2 is 1.71 bits per heavy atom. The van der Waals surface area contributed by atoms with Crippen LogP contribution in [0.1, 0.15) is 35.6 Å². The lowest BCUT2D eigenvalue weighted by atomic mass is 9.98. The summed E-state index contributed by atoms with van der Waals surface area (Å²) in [7, 11) is -3.10. The lowest BCUT2D eigenvalue weighted by Gasteiger charge is -2.15. The molecule has 17 heavy (non-hydrogen) atoms. The standard InChI is InChI=1S/C11H19N3O2S/c1-7(5-12)11-8(2)13-10(14-9(11)3)6-17(4,15)16/h7H,5-6,12H2,1-4H3. The van der Waals surface area contributed by atoms with Gasteiger partial charge in [-0.3, -0.25) is 0 Å². The molecule has 0 aromatic carbocycles. The van der Waals surface area contributed by atoms with E-state index in [1.807, 2.05) is 20.8 Å². The Labute approximate surface area is 102 Å². The minimum atomic E-state index is -3.10. The van der Waals surface area contributed by atoms with Gasteiger partial charge in [0.2, 0.25) is 0 Å². The van der Waals surface area contributed by atoms with E-state index >= 15 is 0 Å². The summed E-state index contributed by atoms with van der Waals surface area (Å²) in [6.07, 6.45) is 1.18. The van der Waals surface area contributed by atoms with Crippen molar-refractivity contribution < 1.29 is 8.42 Å². The van der Waals surface area contributed by atoms with Gasteiger partial charge in [-0.15, -0.1) is 0 Å². The van der Waals surface area contributed by atoms with Crippen LogP contribution in [0.3, 0.4) is 0 Å². The maximum absolute atomic E-state index is 11.2. The third-order valence-electron chi connectivity index (χ3n) is 2.61. The van der Waals surface area contributed by atoms with Crippen LogP contribution in [0.5, 0.6) is 0 Å². The topological polar surface area (TPSA) is 85.9 Å². The van der Waals surface area contributed by atoms with Crippen LogP contribution in [0.4, 0.5) is 0 Å². The lowest BCUT2D eigenvalue weighted by Crippen LogP contribution is -2.16. The quantitative estimate of drug-likeness (QED) is 0.858. The van der Waals surface area contributed by atoms with Gasteiger partial charge in [0.1, 0.15) is 11.6 Å². The van der Waals surface area contributed by atoms with Gasteiger partial charge in [0, 0.05) is 17.6 Å². The molecule has 0 aliphatic rings. The Kier molecular flexibility index (Phi) is 4.21. The lowest BCUT2D eigenvalue weighted by molar-refractivity contribution is 0.599. The van der Waals surface area contributed by atoms with Gasteiger partial charge >= 0.3 is 0 Å². The predicted octanol–water partition coefficient (Wildman–Crippen LogP) is 0.700. The van der Waals surface area contributed by atoms with Crippen molar-refractivity contribution in [2.45, 2.75) is 32.4 Å². The normalized spacial score (nSPS) is 13.7. The molecule has 0 saturated carbocycles. The number of nitrogens with zero attached hydrogens (tertiary/aromatic N) is 2. The largest absolute Gasteiger partial charge is 0.330 e. The second kappa shape index (κ2) is 5.10. The number of nitrogens with two attached hydrogens (primary N) is 1. The summed E-state index contributed by atoms with van der Waals surface area (Å²) in [5, 5.41) is 0. The van der Waals surface area contributed by atoms with Crippen molar-refractivity contribution in [3.63, 3.8) is 0 Å². The number of sulfone groups is 1. The summed E-state index contributed by atoms with van der Waals surface area (Å²) >= 11 is 0. The number of hydrogen-bond acceptors (Lipinski definition) is 5. The van der Waals surface area contributed by atoms with Crippen LogP contribution < -0.4 is 5.73 Å². The summed E-state index contributed by atoms with van der Waals surface area (Å²) in [6, 6.07) is 0. The number of aromatic nitrogens is 2. The first-order valence-corrected chi connectivity index (χ1v) is 7.52. The molecule has 0 amide bonds. The number of rotatable bonds is 4. The van der Waals surface area contributed by atoms with E-state index in [1.54, 1.807) is 0 Å². The molecule has 0 bridgehead atoms. The average molecular weight is 257 g/mol. The molecule has 0 fully saturated rings. The monoisotopic (exact) mass is 257 g/mol. The van der Waals surface area contributed by atoms with E-state index in [0.717, 1.165) is 17.0 Å². The fraction of sp³-hybridized carbons (Fsp3) is 0.636. The van der Waals surface area contributed by atoms with Crippen LogP contribution in [0.25, 0.3) is 0 Å². The highest BCUT2D eigenvalue weighted by Gasteiger charge is 2.15. The SMILES string of the molecule is Cc1nc(CS(C)(=O)=O)nc(C)c1C(C)CN. The van der Waals surface area contributed by atoms with Crippen LogP contribution >= 0.6 is 0 Å². The van der Waals surface area contributed by atoms with Crippen LogP contribution in [0.2, 0.25) is 0 Å². The molecule has 0 spiro atoms. The first-order valence-electron chi connectivity index (χ1n) is 5.46. The number of aryl methyl sites for hydroxylation is 2. The Balaban J connectivity index is 3.18. The van der Waals surface area contributed by atoms with E-state index < -0.39 is 9.84 Å². The predicted molar refractivity (Wildman–Crippen MR) is 67.5 cm³/mol. The summed E-state index contributed by atoms with van der Waals surface area (Å²) in [5.74, 6) is 0.421. The Hall–Kier alpha value is -1.01. The molecule has 0 radical (unpaired) electrons. The molecule has 2 N–H and O–H groups in total. The molecule has 1 rings (SSSR count). The minimum Gasteiger partial charge on any atom is -0.330 e. The Morgan fingerprint density at radius 3 is 2.06 bits per heavy atom. The molecular formula is C11H19N3O2S. The second-order valence-electron chi connectivity index (χ2n) is 4.43. The molecule has 0 aliphatic heterocycles. The van der Waals surface area contributed by atoms with Crippen molar-refractivity contribution in [3.05, 3.63) is 22.8 Å². The van der Waals surface area contributed by atoms with E-state index in [9.17, 15) is 8.42 Å². The van der Waals surface area contributed by atoms with Crippen LogP contribution in [-0.2, 0) is 15.6 Å². The maximum Gasteiger partial charge on any atom is 0.154 e. The molecule has 5 nitrogen and oxygen atoms in total. The maximum atomic E-state index is 11.2. The first kappa shape index (κ1) is 14.1. The van der Waals surface area contributed by atoms with Crippen molar-refractivity contribution in [2.75, 3.05) is 12.8 Å². The highest BCUT2D eigenvalue weighted by atomic mass is 32.2. The third-order valence-corrected chi connectivity index (χ3v) is 3.39. The molecular weight excluding hydrogens is 238 g/mol.